The van der Waals surface area contributed by atoms with Gasteiger partial charge in [0.2, 0.25) is 5.91 Å². The van der Waals surface area contributed by atoms with Crippen LogP contribution in [-0.4, -0.2) is 25.7 Å². The quantitative estimate of drug-likeness (QED) is 0.903. The van der Waals surface area contributed by atoms with Crippen molar-refractivity contribution in [2.75, 3.05) is 19.8 Å². The van der Waals surface area contributed by atoms with Gasteiger partial charge in [0.15, 0.2) is 0 Å². The van der Waals surface area contributed by atoms with E-state index in [0.717, 1.165) is 25.0 Å². The average molecular weight is 316 g/mol. The van der Waals surface area contributed by atoms with Gasteiger partial charge < -0.3 is 10.1 Å². The molecule has 0 bridgehead atoms. The van der Waals surface area contributed by atoms with Crippen LogP contribution in [0, 0.1) is 5.92 Å². The van der Waals surface area contributed by atoms with Gasteiger partial charge in [-0.3, -0.25) is 4.79 Å². The second kappa shape index (κ2) is 7.87. The van der Waals surface area contributed by atoms with Crippen LogP contribution >= 0.6 is 23.2 Å². The van der Waals surface area contributed by atoms with Gasteiger partial charge in [0, 0.05) is 36.2 Å². The first-order chi connectivity index (χ1) is 9.65. The van der Waals surface area contributed by atoms with Gasteiger partial charge in [-0.25, -0.2) is 0 Å². The van der Waals surface area contributed by atoms with Crippen LogP contribution in [-0.2, 0) is 16.0 Å². The SMILES string of the molecule is O=C(C[C@H]1CCCOC1)NCCc1ccc(Cl)cc1Cl. The van der Waals surface area contributed by atoms with Crippen molar-refractivity contribution in [3.05, 3.63) is 33.8 Å². The van der Waals surface area contributed by atoms with Crippen LogP contribution in [0.15, 0.2) is 18.2 Å². The molecule has 3 nitrogen and oxygen atoms in total. The molecule has 1 aromatic carbocycles. The van der Waals surface area contributed by atoms with Crippen molar-refractivity contribution in [1.82, 2.24) is 5.32 Å². The minimum Gasteiger partial charge on any atom is -0.381 e. The highest BCUT2D eigenvalue weighted by atomic mass is 35.5. The number of benzene rings is 1. The van der Waals surface area contributed by atoms with E-state index in [-0.39, 0.29) is 5.91 Å². The van der Waals surface area contributed by atoms with Crippen molar-refractivity contribution in [3.8, 4) is 0 Å². The number of hydrogen-bond acceptors (Lipinski definition) is 2. The number of halogens is 2. The van der Waals surface area contributed by atoms with Gasteiger partial charge in [-0.1, -0.05) is 29.3 Å². The minimum atomic E-state index is 0.0885. The molecular weight excluding hydrogens is 297 g/mol. The lowest BCUT2D eigenvalue weighted by atomic mass is 9.98. The second-order valence-electron chi connectivity index (χ2n) is 5.12. The zero-order valence-electron chi connectivity index (χ0n) is 11.3. The molecule has 1 amide bonds. The standard InChI is InChI=1S/C15H19Cl2NO2/c16-13-4-3-12(14(17)9-13)5-6-18-15(19)8-11-2-1-7-20-10-11/h3-4,9,11H,1-2,5-8,10H2,(H,18,19)/t11-/m1/s1. The Morgan fingerprint density at radius 3 is 2.95 bits per heavy atom. The zero-order valence-corrected chi connectivity index (χ0v) is 12.8. The second-order valence-corrected chi connectivity index (χ2v) is 5.97. The predicted octanol–water partition coefficient (Wildman–Crippen LogP) is 3.47. The van der Waals surface area contributed by atoms with Gasteiger partial charge in [0.05, 0.1) is 0 Å². The van der Waals surface area contributed by atoms with E-state index in [2.05, 4.69) is 5.32 Å². The summed E-state index contributed by atoms with van der Waals surface area (Å²) in [5.74, 6) is 0.452. The smallest absolute Gasteiger partial charge is 0.220 e. The number of amides is 1. The van der Waals surface area contributed by atoms with Crippen LogP contribution in [0.2, 0.25) is 10.0 Å². The van der Waals surface area contributed by atoms with E-state index < -0.39 is 0 Å². The summed E-state index contributed by atoms with van der Waals surface area (Å²) in [6.07, 6.45) is 3.39. The highest BCUT2D eigenvalue weighted by Gasteiger charge is 2.17. The van der Waals surface area contributed by atoms with Gasteiger partial charge in [-0.15, -0.1) is 0 Å². The molecule has 0 radical (unpaired) electrons. The van der Waals surface area contributed by atoms with Crippen molar-refractivity contribution >= 4 is 29.1 Å². The fourth-order valence-electron chi connectivity index (χ4n) is 2.36. The van der Waals surface area contributed by atoms with E-state index in [1.807, 2.05) is 12.1 Å². The lowest BCUT2D eigenvalue weighted by molar-refractivity contribution is -0.123. The summed E-state index contributed by atoms with van der Waals surface area (Å²) in [4.78, 5) is 11.8. The molecule has 0 aliphatic carbocycles. The monoisotopic (exact) mass is 315 g/mol. The molecule has 20 heavy (non-hydrogen) atoms. The molecule has 5 heteroatoms. The third-order valence-electron chi connectivity index (χ3n) is 3.46. The number of ether oxygens (including phenoxy) is 1. The van der Waals surface area contributed by atoms with Crippen molar-refractivity contribution in [2.24, 2.45) is 5.92 Å². The van der Waals surface area contributed by atoms with Gasteiger partial charge in [-0.2, -0.15) is 0 Å². The summed E-state index contributed by atoms with van der Waals surface area (Å²) in [6.45, 7) is 2.12. The summed E-state index contributed by atoms with van der Waals surface area (Å²) >= 11 is 11.9. The van der Waals surface area contributed by atoms with Crippen molar-refractivity contribution in [1.29, 1.82) is 0 Å². The summed E-state index contributed by atoms with van der Waals surface area (Å²) in [5, 5.41) is 4.21. The maximum absolute atomic E-state index is 11.8. The third-order valence-corrected chi connectivity index (χ3v) is 4.05. The Balaban J connectivity index is 1.70. The first kappa shape index (κ1) is 15.6. The molecule has 1 heterocycles. The molecule has 1 aliphatic heterocycles. The Morgan fingerprint density at radius 2 is 2.25 bits per heavy atom. The molecule has 2 rings (SSSR count). The first-order valence-electron chi connectivity index (χ1n) is 6.93. The fraction of sp³-hybridized carbons (Fsp3) is 0.533. The minimum absolute atomic E-state index is 0.0885. The topological polar surface area (TPSA) is 38.3 Å². The maximum atomic E-state index is 11.8. The van der Waals surface area contributed by atoms with E-state index in [0.29, 0.717) is 42.0 Å². The molecule has 1 fully saturated rings. The van der Waals surface area contributed by atoms with Crippen LogP contribution in [0.4, 0.5) is 0 Å². The third kappa shape index (κ3) is 4.97. The summed E-state index contributed by atoms with van der Waals surface area (Å²) in [7, 11) is 0. The lowest BCUT2D eigenvalue weighted by Gasteiger charge is -2.21. The van der Waals surface area contributed by atoms with Crippen LogP contribution in [0.3, 0.4) is 0 Å². The molecule has 1 aliphatic rings. The van der Waals surface area contributed by atoms with Crippen LogP contribution in [0.25, 0.3) is 0 Å². The highest BCUT2D eigenvalue weighted by molar-refractivity contribution is 6.35. The Labute approximate surface area is 129 Å². The molecule has 1 saturated heterocycles. The molecule has 1 aromatic rings. The Bertz CT molecular complexity index is 459. The Hall–Kier alpha value is -0.770. The number of carbonyl (C=O) groups excluding carboxylic acids is 1. The van der Waals surface area contributed by atoms with E-state index in [1.54, 1.807) is 6.07 Å². The Kier molecular flexibility index (Phi) is 6.14. The van der Waals surface area contributed by atoms with Gasteiger partial charge in [-0.05, 0) is 42.9 Å². The molecule has 0 aromatic heterocycles. The highest BCUT2D eigenvalue weighted by Crippen LogP contribution is 2.21. The first-order valence-corrected chi connectivity index (χ1v) is 7.69. The summed E-state index contributed by atoms with van der Waals surface area (Å²) < 4.78 is 5.37. The van der Waals surface area contributed by atoms with Gasteiger partial charge in [0.1, 0.15) is 0 Å². The molecular formula is C15H19Cl2NO2. The number of rotatable bonds is 5. The lowest BCUT2D eigenvalue weighted by Crippen LogP contribution is -2.30. The largest absolute Gasteiger partial charge is 0.381 e. The van der Waals surface area contributed by atoms with Crippen LogP contribution in [0.5, 0.6) is 0 Å². The summed E-state index contributed by atoms with van der Waals surface area (Å²) in [5.41, 5.74) is 0.998. The van der Waals surface area contributed by atoms with Gasteiger partial charge in [0.25, 0.3) is 0 Å². The normalized spacial score (nSPS) is 18.8. The number of hydrogen-bond donors (Lipinski definition) is 1. The van der Waals surface area contributed by atoms with Crippen LogP contribution in [0.1, 0.15) is 24.8 Å². The Morgan fingerprint density at radius 1 is 1.40 bits per heavy atom. The average Bonchev–Trinajstić information content (AvgIpc) is 2.42. The fourth-order valence-corrected chi connectivity index (χ4v) is 2.87. The maximum Gasteiger partial charge on any atom is 0.220 e. The molecule has 0 saturated carbocycles. The molecule has 110 valence electrons. The van der Waals surface area contributed by atoms with Gasteiger partial charge >= 0.3 is 0 Å². The molecule has 1 N–H and O–H groups in total. The van der Waals surface area contributed by atoms with Crippen molar-refractivity contribution in [3.63, 3.8) is 0 Å². The van der Waals surface area contributed by atoms with Crippen LogP contribution < -0.4 is 5.32 Å². The zero-order chi connectivity index (χ0) is 14.4. The van der Waals surface area contributed by atoms with E-state index in [1.165, 1.54) is 0 Å². The van der Waals surface area contributed by atoms with Crippen molar-refractivity contribution < 1.29 is 9.53 Å². The summed E-state index contributed by atoms with van der Waals surface area (Å²) in [6, 6.07) is 5.43. The number of nitrogens with one attached hydrogen (secondary N) is 1. The van der Waals surface area contributed by atoms with E-state index in [4.69, 9.17) is 27.9 Å². The number of carbonyl (C=O) groups is 1. The molecule has 0 unspecified atom stereocenters. The van der Waals surface area contributed by atoms with E-state index >= 15 is 0 Å². The molecule has 1 atom stereocenters. The van der Waals surface area contributed by atoms with E-state index in [9.17, 15) is 4.79 Å². The van der Waals surface area contributed by atoms with Crippen molar-refractivity contribution in [2.45, 2.75) is 25.7 Å². The molecule has 0 spiro atoms. The predicted molar refractivity (Wildman–Crippen MR) is 81.3 cm³/mol.